The normalized spacial score (nSPS) is 14.1. The van der Waals surface area contributed by atoms with Gasteiger partial charge >= 0.3 is 7.82 Å². The van der Waals surface area contributed by atoms with E-state index in [1.807, 2.05) is 23.5 Å². The highest BCUT2D eigenvalue weighted by Crippen LogP contribution is 2.37. The van der Waals surface area contributed by atoms with E-state index in [2.05, 4.69) is 35.7 Å². The van der Waals surface area contributed by atoms with Crippen molar-refractivity contribution in [3.8, 4) is 10.4 Å². The van der Waals surface area contributed by atoms with E-state index >= 15 is 0 Å². The largest absolute Gasteiger partial charge is 0.469 e. The maximum atomic E-state index is 10.9. The molecule has 1 unspecified atom stereocenters. The summed E-state index contributed by atoms with van der Waals surface area (Å²) in [5, 5.41) is 9.49. The fourth-order valence-corrected chi connectivity index (χ4v) is 4.51. The summed E-state index contributed by atoms with van der Waals surface area (Å²) in [6.07, 6.45) is 7.14. The SMILES string of the molecule is CCCCCCc1ccc(-c2ccc(CCC(N)(CO)COP(=O)(O)O)cc2)s1. The number of nitrogens with two attached hydrogens (primary N) is 1. The number of unbranched alkanes of at least 4 members (excludes halogenated alkanes) is 3. The summed E-state index contributed by atoms with van der Waals surface area (Å²) in [7, 11) is -4.61. The van der Waals surface area contributed by atoms with Crippen LogP contribution in [-0.2, 0) is 21.9 Å². The molecule has 0 fully saturated rings. The van der Waals surface area contributed by atoms with Crippen molar-refractivity contribution in [2.45, 2.75) is 57.4 Å². The maximum Gasteiger partial charge on any atom is 0.469 e. The first kappa shape index (κ1) is 24.2. The van der Waals surface area contributed by atoms with Gasteiger partial charge in [0.2, 0.25) is 0 Å². The van der Waals surface area contributed by atoms with E-state index in [0.717, 1.165) is 12.0 Å². The zero-order valence-corrected chi connectivity index (χ0v) is 18.6. The summed E-state index contributed by atoms with van der Waals surface area (Å²) < 4.78 is 15.3. The Labute approximate surface area is 177 Å². The maximum absolute atomic E-state index is 10.9. The van der Waals surface area contributed by atoms with Crippen LogP contribution in [0.4, 0.5) is 0 Å². The zero-order chi connectivity index (χ0) is 21.3. The molecule has 0 aliphatic rings. The van der Waals surface area contributed by atoms with E-state index in [1.165, 1.54) is 41.0 Å². The van der Waals surface area contributed by atoms with Gasteiger partial charge in [-0.3, -0.25) is 4.52 Å². The molecule has 1 aromatic heterocycles. The smallest absolute Gasteiger partial charge is 0.394 e. The van der Waals surface area contributed by atoms with E-state index in [4.69, 9.17) is 15.5 Å². The minimum Gasteiger partial charge on any atom is -0.394 e. The van der Waals surface area contributed by atoms with E-state index in [-0.39, 0.29) is 0 Å². The van der Waals surface area contributed by atoms with Gasteiger partial charge in [-0.1, -0.05) is 50.5 Å². The molecule has 1 heterocycles. The molecular formula is C21H32NO5PS. The Bertz CT molecular complexity index is 789. The quantitative estimate of drug-likeness (QED) is 0.273. The van der Waals surface area contributed by atoms with Crippen LogP contribution in [0.1, 0.15) is 49.5 Å². The molecule has 0 amide bonds. The zero-order valence-electron chi connectivity index (χ0n) is 16.9. The van der Waals surface area contributed by atoms with Crippen LogP contribution in [0.25, 0.3) is 10.4 Å². The molecule has 6 nitrogen and oxygen atoms in total. The number of hydrogen-bond acceptors (Lipinski definition) is 5. The number of phosphoric acid groups is 1. The van der Waals surface area contributed by atoms with Gasteiger partial charge in [-0.25, -0.2) is 4.57 Å². The van der Waals surface area contributed by atoms with Crippen LogP contribution in [0.2, 0.25) is 0 Å². The van der Waals surface area contributed by atoms with Crippen LogP contribution < -0.4 is 5.73 Å². The molecule has 0 bridgehead atoms. The van der Waals surface area contributed by atoms with E-state index in [1.54, 1.807) is 0 Å². The average Bonchev–Trinajstić information content (AvgIpc) is 3.17. The van der Waals surface area contributed by atoms with Crippen molar-refractivity contribution in [2.24, 2.45) is 5.73 Å². The highest BCUT2D eigenvalue weighted by atomic mass is 32.1. The van der Waals surface area contributed by atoms with E-state index < -0.39 is 26.6 Å². The number of aryl methyl sites for hydroxylation is 2. The Morgan fingerprint density at radius 2 is 1.79 bits per heavy atom. The number of aliphatic hydroxyl groups is 1. The Morgan fingerprint density at radius 1 is 1.07 bits per heavy atom. The van der Waals surface area contributed by atoms with Crippen molar-refractivity contribution in [2.75, 3.05) is 13.2 Å². The van der Waals surface area contributed by atoms with Gasteiger partial charge in [0.25, 0.3) is 0 Å². The van der Waals surface area contributed by atoms with Crippen LogP contribution >= 0.6 is 19.2 Å². The number of benzene rings is 1. The number of phosphoric ester groups is 1. The first-order valence-corrected chi connectivity index (χ1v) is 12.4. The van der Waals surface area contributed by atoms with Crippen LogP contribution in [0.15, 0.2) is 36.4 Å². The lowest BCUT2D eigenvalue weighted by Gasteiger charge is -2.27. The van der Waals surface area contributed by atoms with Crippen molar-refractivity contribution in [3.63, 3.8) is 0 Å². The topological polar surface area (TPSA) is 113 Å². The monoisotopic (exact) mass is 441 g/mol. The number of aliphatic hydroxyl groups excluding tert-OH is 1. The summed E-state index contributed by atoms with van der Waals surface area (Å²) in [5.41, 5.74) is 7.04. The minimum absolute atomic E-state index is 0.351. The molecule has 5 N–H and O–H groups in total. The van der Waals surface area contributed by atoms with E-state index in [0.29, 0.717) is 12.8 Å². The second kappa shape index (κ2) is 11.4. The van der Waals surface area contributed by atoms with Crippen molar-refractivity contribution in [1.82, 2.24) is 0 Å². The number of hydrogen-bond donors (Lipinski definition) is 4. The van der Waals surface area contributed by atoms with Crippen molar-refractivity contribution in [3.05, 3.63) is 46.8 Å². The summed E-state index contributed by atoms with van der Waals surface area (Å²) in [6, 6.07) is 12.6. The molecule has 0 spiro atoms. The van der Waals surface area contributed by atoms with Crippen molar-refractivity contribution >= 4 is 19.2 Å². The Balaban J connectivity index is 1.89. The lowest BCUT2D eigenvalue weighted by Crippen LogP contribution is -2.48. The second-order valence-corrected chi connectivity index (χ2v) is 9.97. The Morgan fingerprint density at radius 3 is 2.41 bits per heavy atom. The van der Waals surface area contributed by atoms with Gasteiger partial charge in [0, 0.05) is 9.75 Å². The van der Waals surface area contributed by atoms with Gasteiger partial charge in [-0.05, 0) is 48.9 Å². The van der Waals surface area contributed by atoms with E-state index in [9.17, 15) is 9.67 Å². The average molecular weight is 442 g/mol. The minimum atomic E-state index is -4.61. The summed E-state index contributed by atoms with van der Waals surface area (Å²) in [4.78, 5) is 20.3. The predicted molar refractivity (Wildman–Crippen MR) is 118 cm³/mol. The van der Waals surface area contributed by atoms with Crippen LogP contribution in [0.5, 0.6) is 0 Å². The van der Waals surface area contributed by atoms with Gasteiger partial charge in [-0.15, -0.1) is 11.3 Å². The third-order valence-electron chi connectivity index (χ3n) is 4.92. The molecule has 0 aliphatic heterocycles. The molecule has 162 valence electrons. The fourth-order valence-electron chi connectivity index (χ4n) is 3.03. The van der Waals surface area contributed by atoms with Gasteiger partial charge in [0.05, 0.1) is 18.8 Å². The molecular weight excluding hydrogens is 409 g/mol. The van der Waals surface area contributed by atoms with Crippen LogP contribution in [0, 0.1) is 0 Å². The number of thiophene rings is 1. The molecule has 0 saturated heterocycles. The fraction of sp³-hybridized carbons (Fsp3) is 0.524. The van der Waals surface area contributed by atoms with Crippen LogP contribution in [-0.4, -0.2) is 33.6 Å². The third-order valence-corrected chi connectivity index (χ3v) is 6.58. The first-order valence-electron chi connectivity index (χ1n) is 10.0. The van der Waals surface area contributed by atoms with Crippen LogP contribution in [0.3, 0.4) is 0 Å². The third kappa shape index (κ3) is 8.69. The first-order chi connectivity index (χ1) is 13.7. The van der Waals surface area contributed by atoms with Crippen molar-refractivity contribution < 1.29 is 24.0 Å². The second-order valence-electron chi connectivity index (χ2n) is 7.56. The number of rotatable bonds is 13. The summed E-state index contributed by atoms with van der Waals surface area (Å²) in [6.45, 7) is 1.41. The molecule has 1 aromatic carbocycles. The van der Waals surface area contributed by atoms with Gasteiger partial charge in [-0.2, -0.15) is 0 Å². The van der Waals surface area contributed by atoms with Gasteiger partial charge < -0.3 is 20.6 Å². The molecule has 29 heavy (non-hydrogen) atoms. The van der Waals surface area contributed by atoms with Gasteiger partial charge in [0.15, 0.2) is 0 Å². The van der Waals surface area contributed by atoms with Crippen molar-refractivity contribution in [1.29, 1.82) is 0 Å². The molecule has 2 rings (SSSR count). The van der Waals surface area contributed by atoms with Gasteiger partial charge in [0.1, 0.15) is 0 Å². The molecule has 1 atom stereocenters. The highest BCUT2D eigenvalue weighted by molar-refractivity contribution is 7.46. The molecule has 8 heteroatoms. The standard InChI is InChI=1S/C21H32NO5PS/c1-2-3-4-5-6-19-11-12-20(29-19)18-9-7-17(8-10-18)13-14-21(22,15-23)16-27-28(24,25)26/h7-12,23H,2-6,13-16,22H2,1H3,(H2,24,25,26). The predicted octanol–water partition coefficient (Wildman–Crippen LogP) is 4.27. The Hall–Kier alpha value is -1.05. The summed E-state index contributed by atoms with van der Waals surface area (Å²) >= 11 is 1.84. The molecule has 2 aromatic rings. The summed E-state index contributed by atoms with van der Waals surface area (Å²) in [5.74, 6) is 0. The lowest BCUT2D eigenvalue weighted by molar-refractivity contribution is 0.102. The molecule has 0 saturated carbocycles. The highest BCUT2D eigenvalue weighted by Gasteiger charge is 2.28. The molecule has 0 radical (unpaired) electrons. The molecule has 0 aliphatic carbocycles. The lowest BCUT2D eigenvalue weighted by atomic mass is 9.93. The Kier molecular flexibility index (Phi) is 9.50.